The van der Waals surface area contributed by atoms with E-state index in [1.165, 1.54) is 32.3 Å². The Morgan fingerprint density at radius 3 is 2.34 bits per heavy atom. The first-order chi connectivity index (χ1) is 20.7. The van der Waals surface area contributed by atoms with Gasteiger partial charge < -0.3 is 24.8 Å². The first-order valence-corrected chi connectivity index (χ1v) is 15.8. The summed E-state index contributed by atoms with van der Waals surface area (Å²) in [5.74, 6) is -4.84. The third-order valence-corrected chi connectivity index (χ3v) is 10.4. The minimum atomic E-state index is -1.96. The van der Waals surface area contributed by atoms with E-state index in [1.54, 1.807) is 44.2 Å². The van der Waals surface area contributed by atoms with Crippen molar-refractivity contribution >= 4 is 17.7 Å². The number of fused-ring (bicyclic) bond motifs is 5. The number of unbranched alkanes of at least 4 members (excludes halogenated alkanes) is 3. The van der Waals surface area contributed by atoms with Crippen LogP contribution in [0.15, 0.2) is 71.9 Å². The average molecular weight is 609 g/mol. The van der Waals surface area contributed by atoms with Crippen LogP contribution in [-0.2, 0) is 23.9 Å². The van der Waals surface area contributed by atoms with Crippen molar-refractivity contribution in [1.82, 2.24) is 0 Å². The van der Waals surface area contributed by atoms with Crippen molar-refractivity contribution in [3.05, 3.63) is 71.9 Å². The number of Topliss-reactive ketones (excluding diaryl/α,β-unsaturated/α-hetero) is 1. The molecule has 240 valence electrons. The fourth-order valence-electron chi connectivity index (χ4n) is 8.30. The molecule has 8 atom stereocenters. The first kappa shape index (κ1) is 33.8. The fourth-order valence-corrected chi connectivity index (χ4v) is 8.30. The number of carbonyl (C=O) groups is 3. The number of allylic oxidation sites excluding steroid dienone is 7. The molecule has 0 spiro atoms. The van der Waals surface area contributed by atoms with Gasteiger partial charge in [0, 0.05) is 48.5 Å². The summed E-state index contributed by atoms with van der Waals surface area (Å²) in [7, 11) is 0. The van der Waals surface area contributed by atoms with Crippen molar-refractivity contribution in [2.24, 2.45) is 29.1 Å². The van der Waals surface area contributed by atoms with Crippen LogP contribution in [-0.4, -0.2) is 62.6 Å². The van der Waals surface area contributed by atoms with Crippen LogP contribution in [0.2, 0.25) is 0 Å². The highest BCUT2D eigenvalue weighted by molar-refractivity contribution is 6.04. The van der Waals surface area contributed by atoms with Gasteiger partial charge in [-0.1, -0.05) is 95.2 Å². The van der Waals surface area contributed by atoms with E-state index in [-0.39, 0.29) is 6.42 Å². The largest absolute Gasteiger partial charge is 0.455 e. The van der Waals surface area contributed by atoms with E-state index in [0.29, 0.717) is 11.1 Å². The van der Waals surface area contributed by atoms with Gasteiger partial charge in [-0.2, -0.15) is 0 Å². The van der Waals surface area contributed by atoms with Crippen molar-refractivity contribution in [1.29, 1.82) is 0 Å². The second kappa shape index (κ2) is 12.7. The number of hydrogen-bond donors (Lipinski definition) is 3. The Balaban J connectivity index is 1.63. The molecule has 4 rings (SSSR count). The van der Waals surface area contributed by atoms with Crippen molar-refractivity contribution in [3.63, 3.8) is 0 Å². The molecule has 44 heavy (non-hydrogen) atoms. The molecule has 0 amide bonds. The summed E-state index contributed by atoms with van der Waals surface area (Å²) in [6.07, 6.45) is 21.0. The van der Waals surface area contributed by atoms with Gasteiger partial charge in [-0.25, -0.2) is 4.79 Å². The lowest BCUT2D eigenvalue weighted by Gasteiger charge is -2.53. The molecule has 8 nitrogen and oxygen atoms in total. The monoisotopic (exact) mass is 608 g/mol. The van der Waals surface area contributed by atoms with Gasteiger partial charge in [0.2, 0.25) is 0 Å². The third kappa shape index (κ3) is 5.50. The second-order valence-corrected chi connectivity index (χ2v) is 13.4. The lowest BCUT2D eigenvalue weighted by molar-refractivity contribution is -0.226. The quantitative estimate of drug-likeness (QED) is 0.0997. The van der Waals surface area contributed by atoms with Gasteiger partial charge in [-0.05, 0) is 30.9 Å². The molecule has 0 aliphatic heterocycles. The van der Waals surface area contributed by atoms with E-state index in [2.05, 4.69) is 13.0 Å². The van der Waals surface area contributed by atoms with Gasteiger partial charge in [0.1, 0.15) is 11.7 Å². The highest BCUT2D eigenvalue weighted by Gasteiger charge is 2.87. The van der Waals surface area contributed by atoms with E-state index in [0.717, 1.165) is 6.42 Å². The number of rotatable bonds is 11. The van der Waals surface area contributed by atoms with Crippen LogP contribution >= 0.6 is 0 Å². The Morgan fingerprint density at radius 2 is 1.70 bits per heavy atom. The molecule has 2 fully saturated rings. The van der Waals surface area contributed by atoms with Gasteiger partial charge >= 0.3 is 11.9 Å². The normalized spacial score (nSPS) is 37.5. The van der Waals surface area contributed by atoms with Crippen LogP contribution in [0.1, 0.15) is 73.6 Å². The third-order valence-electron chi connectivity index (χ3n) is 10.4. The van der Waals surface area contributed by atoms with E-state index in [9.17, 15) is 29.7 Å². The lowest BCUT2D eigenvalue weighted by atomic mass is 9.59. The van der Waals surface area contributed by atoms with Crippen molar-refractivity contribution in [2.45, 2.75) is 96.6 Å². The molecule has 2 saturated carbocycles. The zero-order chi connectivity index (χ0) is 32.5. The topological polar surface area (TPSA) is 130 Å². The summed E-state index contributed by atoms with van der Waals surface area (Å²) in [6.45, 7) is 10.2. The first-order valence-electron chi connectivity index (χ1n) is 15.8. The Morgan fingerprint density at radius 1 is 1.05 bits per heavy atom. The molecule has 8 unspecified atom stereocenters. The molecular formula is C36H48O8. The fraction of sp³-hybridized carbons (Fsp3) is 0.583. The second-order valence-electron chi connectivity index (χ2n) is 13.4. The van der Waals surface area contributed by atoms with Crippen molar-refractivity contribution in [3.8, 4) is 0 Å². The summed E-state index contributed by atoms with van der Waals surface area (Å²) >= 11 is 0. The molecule has 0 radical (unpaired) electrons. The molecule has 0 aromatic rings. The van der Waals surface area contributed by atoms with E-state index in [4.69, 9.17) is 9.47 Å². The number of carbonyl (C=O) groups excluding carboxylic acids is 3. The number of aliphatic hydroxyl groups is 3. The van der Waals surface area contributed by atoms with Gasteiger partial charge in [0.25, 0.3) is 0 Å². The van der Waals surface area contributed by atoms with Crippen molar-refractivity contribution in [2.75, 3.05) is 6.61 Å². The van der Waals surface area contributed by atoms with Gasteiger partial charge in [0.05, 0.1) is 12.2 Å². The maximum atomic E-state index is 13.3. The van der Waals surface area contributed by atoms with Crippen LogP contribution in [0.25, 0.3) is 0 Å². The van der Waals surface area contributed by atoms with E-state index in [1.807, 2.05) is 32.1 Å². The zero-order valence-corrected chi connectivity index (χ0v) is 26.8. The van der Waals surface area contributed by atoms with Crippen LogP contribution < -0.4 is 0 Å². The van der Waals surface area contributed by atoms with Crippen molar-refractivity contribution < 1.29 is 39.2 Å². The molecule has 0 bridgehead atoms. The van der Waals surface area contributed by atoms with E-state index < -0.39 is 76.3 Å². The standard InChI is InChI=1S/C36H48O8/c1-7-8-9-10-11-12-13-14-15-16-17-18-29(39)43-32-24(3)35(42)27(30-33(5,6)36(30,32)44-25(4)38)20-26(22-37)21-34(41)28(35)19-23(2)31(34)40/h11-20,24,27-28,30,32,37,41-42H,7-10,21-22H2,1-6H3. The maximum absolute atomic E-state index is 13.3. The Kier molecular flexibility index (Phi) is 9.79. The maximum Gasteiger partial charge on any atom is 0.331 e. The number of ketones is 1. The minimum absolute atomic E-state index is 0.136. The highest BCUT2D eigenvalue weighted by atomic mass is 16.6. The average Bonchev–Trinajstić information content (AvgIpc) is 3.38. The number of aliphatic hydroxyl groups excluding tert-OH is 1. The molecule has 4 aliphatic carbocycles. The summed E-state index contributed by atoms with van der Waals surface area (Å²) in [4.78, 5) is 38.9. The molecule has 0 aromatic heterocycles. The Labute approximate surface area is 260 Å². The van der Waals surface area contributed by atoms with Crippen LogP contribution in [0.4, 0.5) is 0 Å². The van der Waals surface area contributed by atoms with Crippen LogP contribution in [0, 0.1) is 29.1 Å². The SMILES string of the molecule is CCCCCC=CC=CC=CC=CC(=O)OC1C(C)C2(O)C(C=C(CO)CC3(O)C(=O)C(C)=CC32)C2C(C)(C)C12OC(C)=O. The molecule has 0 saturated heterocycles. The smallest absolute Gasteiger partial charge is 0.331 e. The van der Waals surface area contributed by atoms with Crippen LogP contribution in [0.5, 0.6) is 0 Å². The predicted molar refractivity (Wildman–Crippen MR) is 167 cm³/mol. The Bertz CT molecular complexity index is 1330. The van der Waals surface area contributed by atoms with E-state index >= 15 is 0 Å². The summed E-state index contributed by atoms with van der Waals surface area (Å²) in [5, 5.41) is 34.7. The molecule has 3 N–H and O–H groups in total. The van der Waals surface area contributed by atoms with Crippen LogP contribution in [0.3, 0.4) is 0 Å². The number of ether oxygens (including phenoxy) is 2. The summed E-state index contributed by atoms with van der Waals surface area (Å²) in [5.41, 5.74) is -4.98. The molecule has 8 heteroatoms. The number of hydrogen-bond acceptors (Lipinski definition) is 8. The Hall–Kier alpha value is -3.07. The van der Waals surface area contributed by atoms with Gasteiger partial charge in [-0.3, -0.25) is 9.59 Å². The molecule has 0 heterocycles. The van der Waals surface area contributed by atoms with Gasteiger partial charge in [0.15, 0.2) is 11.4 Å². The summed E-state index contributed by atoms with van der Waals surface area (Å²) < 4.78 is 12.1. The zero-order valence-electron chi connectivity index (χ0n) is 26.8. The highest BCUT2D eigenvalue weighted by Crippen LogP contribution is 2.77. The number of esters is 2. The minimum Gasteiger partial charge on any atom is -0.455 e. The molecule has 4 aliphatic rings. The predicted octanol–water partition coefficient (Wildman–Crippen LogP) is 4.86. The molecular weight excluding hydrogens is 560 g/mol. The van der Waals surface area contributed by atoms with Gasteiger partial charge in [-0.15, -0.1) is 0 Å². The lowest BCUT2D eigenvalue weighted by Crippen LogP contribution is -2.66. The molecule has 0 aromatic carbocycles. The summed E-state index contributed by atoms with van der Waals surface area (Å²) in [6, 6.07) is 0.